The third-order valence-corrected chi connectivity index (χ3v) is 2.87. The van der Waals surface area contributed by atoms with Crippen LogP contribution < -0.4 is 5.32 Å². The molecule has 0 aliphatic carbocycles. The van der Waals surface area contributed by atoms with Crippen LogP contribution in [0.25, 0.3) is 0 Å². The third-order valence-electron chi connectivity index (χ3n) is 2.37. The van der Waals surface area contributed by atoms with Crippen molar-refractivity contribution >= 4 is 27.5 Å². The van der Waals surface area contributed by atoms with Gasteiger partial charge in [0.1, 0.15) is 5.75 Å². The number of rotatable bonds is 2. The smallest absolute Gasteiger partial charge is 0.259 e. The van der Waals surface area contributed by atoms with Crippen LogP contribution in [-0.2, 0) is 0 Å². The van der Waals surface area contributed by atoms with E-state index >= 15 is 0 Å². The van der Waals surface area contributed by atoms with Gasteiger partial charge < -0.3 is 10.4 Å². The summed E-state index contributed by atoms with van der Waals surface area (Å²) in [6.45, 7) is 1.87. The highest BCUT2D eigenvalue weighted by Crippen LogP contribution is 2.22. The normalized spacial score (nSPS) is 10.1. The van der Waals surface area contributed by atoms with Gasteiger partial charge in [-0.15, -0.1) is 0 Å². The predicted molar refractivity (Wildman–Crippen MR) is 72.7 cm³/mol. The number of aromatic nitrogens is 1. The Morgan fingerprint density at radius 2 is 2.11 bits per heavy atom. The van der Waals surface area contributed by atoms with Gasteiger partial charge in [0, 0.05) is 10.2 Å². The molecule has 5 heteroatoms. The fraction of sp³-hybridized carbons (Fsp3) is 0.0769. The van der Waals surface area contributed by atoms with Gasteiger partial charge in [0.15, 0.2) is 0 Å². The van der Waals surface area contributed by atoms with E-state index in [4.69, 9.17) is 0 Å². The average molecular weight is 307 g/mol. The van der Waals surface area contributed by atoms with Gasteiger partial charge in [-0.2, -0.15) is 0 Å². The van der Waals surface area contributed by atoms with E-state index in [0.717, 1.165) is 10.2 Å². The highest BCUT2D eigenvalue weighted by atomic mass is 79.9. The third kappa shape index (κ3) is 2.87. The second kappa shape index (κ2) is 5.18. The zero-order valence-corrected chi connectivity index (χ0v) is 11.2. The minimum absolute atomic E-state index is 0.0595. The van der Waals surface area contributed by atoms with Crippen molar-refractivity contribution in [2.45, 2.75) is 6.92 Å². The largest absolute Gasteiger partial charge is 0.507 e. The number of phenolic OH excluding ortho intramolecular Hbond substituents is 1. The maximum atomic E-state index is 12.0. The fourth-order valence-corrected chi connectivity index (χ4v) is 1.79. The van der Waals surface area contributed by atoms with E-state index in [1.54, 1.807) is 30.5 Å². The number of hydrogen-bond acceptors (Lipinski definition) is 3. The molecule has 92 valence electrons. The van der Waals surface area contributed by atoms with Gasteiger partial charge in [0.05, 0.1) is 17.4 Å². The van der Waals surface area contributed by atoms with Crippen LogP contribution >= 0.6 is 15.9 Å². The predicted octanol–water partition coefficient (Wildman–Crippen LogP) is 3.11. The number of aromatic hydroxyl groups is 1. The Kier molecular flexibility index (Phi) is 3.62. The molecule has 0 saturated carbocycles. The first-order chi connectivity index (χ1) is 8.56. The lowest BCUT2D eigenvalue weighted by Gasteiger charge is -2.07. The number of phenols is 1. The molecule has 4 nitrogen and oxygen atoms in total. The summed E-state index contributed by atoms with van der Waals surface area (Å²) in [5.74, 6) is -0.435. The van der Waals surface area contributed by atoms with Crippen LogP contribution in [-0.4, -0.2) is 16.0 Å². The van der Waals surface area contributed by atoms with E-state index in [1.165, 1.54) is 6.07 Å². The number of pyridine rings is 1. The Morgan fingerprint density at radius 3 is 2.78 bits per heavy atom. The lowest BCUT2D eigenvalue weighted by molar-refractivity contribution is 0.102. The van der Waals surface area contributed by atoms with E-state index in [1.807, 2.05) is 6.92 Å². The molecule has 0 saturated heterocycles. The molecule has 0 unspecified atom stereocenters. The summed E-state index contributed by atoms with van der Waals surface area (Å²) in [5.41, 5.74) is 1.67. The molecule has 0 atom stereocenters. The van der Waals surface area contributed by atoms with Crippen LogP contribution in [0.4, 0.5) is 5.69 Å². The summed E-state index contributed by atoms with van der Waals surface area (Å²) in [5, 5.41) is 12.3. The zero-order valence-electron chi connectivity index (χ0n) is 9.64. The lowest BCUT2D eigenvalue weighted by Crippen LogP contribution is -2.12. The summed E-state index contributed by atoms with van der Waals surface area (Å²) >= 11 is 3.26. The Hall–Kier alpha value is -1.88. The van der Waals surface area contributed by atoms with Gasteiger partial charge in [-0.05, 0) is 37.3 Å². The monoisotopic (exact) mass is 306 g/mol. The molecule has 18 heavy (non-hydrogen) atoms. The minimum atomic E-state index is -0.376. The van der Waals surface area contributed by atoms with Gasteiger partial charge in [-0.25, -0.2) is 0 Å². The quantitative estimate of drug-likeness (QED) is 0.896. The summed E-state index contributed by atoms with van der Waals surface area (Å²) in [6, 6.07) is 8.25. The molecular formula is C13H11BrN2O2. The highest BCUT2D eigenvalue weighted by Gasteiger charge is 2.11. The van der Waals surface area contributed by atoms with Gasteiger partial charge in [-0.1, -0.05) is 15.9 Å². The van der Waals surface area contributed by atoms with Crippen molar-refractivity contribution in [1.82, 2.24) is 4.98 Å². The van der Waals surface area contributed by atoms with Gasteiger partial charge >= 0.3 is 0 Å². The molecule has 0 radical (unpaired) electrons. The van der Waals surface area contributed by atoms with Gasteiger partial charge in [-0.3, -0.25) is 9.78 Å². The molecule has 0 aliphatic heterocycles. The molecule has 1 heterocycles. The first-order valence-electron chi connectivity index (χ1n) is 5.29. The molecule has 0 spiro atoms. The zero-order chi connectivity index (χ0) is 13.1. The molecule has 1 aromatic carbocycles. The second-order valence-electron chi connectivity index (χ2n) is 3.80. The minimum Gasteiger partial charge on any atom is -0.507 e. The number of carbonyl (C=O) groups is 1. The number of halogens is 1. The van der Waals surface area contributed by atoms with E-state index in [-0.39, 0.29) is 17.2 Å². The van der Waals surface area contributed by atoms with E-state index < -0.39 is 0 Å². The number of aryl methyl sites for hydroxylation is 1. The molecule has 1 amide bonds. The van der Waals surface area contributed by atoms with Crippen LogP contribution in [0.5, 0.6) is 5.75 Å². The van der Waals surface area contributed by atoms with Crippen molar-refractivity contribution in [3.8, 4) is 5.75 Å². The van der Waals surface area contributed by atoms with Crippen molar-refractivity contribution in [2.24, 2.45) is 0 Å². The number of nitrogens with zero attached hydrogens (tertiary/aromatic N) is 1. The molecule has 2 rings (SSSR count). The van der Waals surface area contributed by atoms with E-state index in [2.05, 4.69) is 26.2 Å². The second-order valence-corrected chi connectivity index (χ2v) is 4.72. The maximum Gasteiger partial charge on any atom is 0.259 e. The summed E-state index contributed by atoms with van der Waals surface area (Å²) in [7, 11) is 0. The number of benzene rings is 1. The van der Waals surface area contributed by atoms with Crippen LogP contribution in [0.15, 0.2) is 41.0 Å². The first-order valence-corrected chi connectivity index (χ1v) is 6.08. The molecule has 2 N–H and O–H groups in total. The van der Waals surface area contributed by atoms with Crippen molar-refractivity contribution in [3.63, 3.8) is 0 Å². The molecule has 1 aromatic heterocycles. The molecular weight excluding hydrogens is 296 g/mol. The standard InChI is InChI=1S/C13H11BrN2O2/c1-8-2-4-10(7-15-8)16-13(18)11-6-9(14)3-5-12(11)17/h2-7,17H,1H3,(H,16,18). The lowest BCUT2D eigenvalue weighted by atomic mass is 10.2. The topological polar surface area (TPSA) is 62.2 Å². The van der Waals surface area contributed by atoms with Crippen molar-refractivity contribution in [3.05, 3.63) is 52.3 Å². The van der Waals surface area contributed by atoms with Crippen LogP contribution in [0.3, 0.4) is 0 Å². The highest BCUT2D eigenvalue weighted by molar-refractivity contribution is 9.10. The number of hydrogen-bond donors (Lipinski definition) is 2. The molecule has 0 bridgehead atoms. The van der Waals surface area contributed by atoms with Crippen LogP contribution in [0, 0.1) is 6.92 Å². The van der Waals surface area contributed by atoms with Crippen molar-refractivity contribution in [2.75, 3.05) is 5.32 Å². The first kappa shape index (κ1) is 12.6. The Labute approximate surface area is 113 Å². The number of anilines is 1. The van der Waals surface area contributed by atoms with Crippen LogP contribution in [0.2, 0.25) is 0 Å². The van der Waals surface area contributed by atoms with E-state index in [0.29, 0.717) is 5.69 Å². The SMILES string of the molecule is Cc1ccc(NC(=O)c2cc(Br)ccc2O)cn1. The van der Waals surface area contributed by atoms with Crippen LogP contribution in [0.1, 0.15) is 16.1 Å². The Bertz CT molecular complexity index is 582. The van der Waals surface area contributed by atoms with Crippen molar-refractivity contribution in [1.29, 1.82) is 0 Å². The number of nitrogens with one attached hydrogen (secondary N) is 1. The Balaban J connectivity index is 2.21. The molecule has 0 aliphatic rings. The Morgan fingerprint density at radius 1 is 1.33 bits per heavy atom. The average Bonchev–Trinajstić information content (AvgIpc) is 2.35. The number of amides is 1. The summed E-state index contributed by atoms with van der Waals surface area (Å²) < 4.78 is 0.729. The fourth-order valence-electron chi connectivity index (χ4n) is 1.43. The number of carbonyl (C=O) groups excluding carboxylic acids is 1. The van der Waals surface area contributed by atoms with Gasteiger partial charge in [0.2, 0.25) is 0 Å². The van der Waals surface area contributed by atoms with E-state index in [9.17, 15) is 9.90 Å². The maximum absolute atomic E-state index is 12.0. The molecule has 2 aromatic rings. The van der Waals surface area contributed by atoms with Gasteiger partial charge in [0.25, 0.3) is 5.91 Å². The summed E-state index contributed by atoms with van der Waals surface area (Å²) in [6.07, 6.45) is 1.57. The van der Waals surface area contributed by atoms with Crippen molar-refractivity contribution < 1.29 is 9.90 Å². The molecule has 0 fully saturated rings. The summed E-state index contributed by atoms with van der Waals surface area (Å²) in [4.78, 5) is 16.0.